The third-order valence-electron chi connectivity index (χ3n) is 5.86. The van der Waals surface area contributed by atoms with Crippen LogP contribution >= 0.6 is 12.4 Å². The van der Waals surface area contributed by atoms with Crippen LogP contribution in [0.5, 0.6) is 5.75 Å². The normalized spacial score (nSPS) is 22.1. The van der Waals surface area contributed by atoms with Crippen LogP contribution in [0, 0.1) is 0 Å². The molecule has 1 fully saturated rings. The fraction of sp³-hybridized carbons (Fsp3) is 0.409. The van der Waals surface area contributed by atoms with Crippen LogP contribution in [-0.4, -0.2) is 11.5 Å². The van der Waals surface area contributed by atoms with Crippen molar-refractivity contribution < 1.29 is 9.53 Å². The van der Waals surface area contributed by atoms with Crippen LogP contribution in [0.15, 0.2) is 54.6 Å². The minimum Gasteiger partial charge on any atom is -0.487 e. The van der Waals surface area contributed by atoms with Crippen molar-refractivity contribution in [2.24, 2.45) is 5.73 Å². The molecule has 2 aromatic carbocycles. The lowest BCUT2D eigenvalue weighted by Gasteiger charge is -2.41. The standard InChI is InChI=1S/C22H26N2O2.ClH/c1-21(23,16-9-3-2-4-10-16)20(25)24-18-15-22(13-7-8-14-22)26-19-12-6-5-11-17(18)19;/h2-6,9-12,18H,7-8,13-15,23H2,1H3,(H,24,25);1H. The Morgan fingerprint density at radius 3 is 2.44 bits per heavy atom. The number of amides is 1. The molecule has 27 heavy (non-hydrogen) atoms. The van der Waals surface area contributed by atoms with Gasteiger partial charge in [-0.2, -0.15) is 0 Å². The maximum Gasteiger partial charge on any atom is 0.244 e. The second-order valence-electron chi connectivity index (χ2n) is 7.83. The molecule has 1 amide bonds. The predicted octanol–water partition coefficient (Wildman–Crippen LogP) is 4.24. The molecule has 5 heteroatoms. The monoisotopic (exact) mass is 386 g/mol. The third kappa shape index (κ3) is 3.69. The van der Waals surface area contributed by atoms with E-state index in [2.05, 4.69) is 5.32 Å². The van der Waals surface area contributed by atoms with Crippen LogP contribution in [0.2, 0.25) is 0 Å². The van der Waals surface area contributed by atoms with Crippen molar-refractivity contribution in [3.63, 3.8) is 0 Å². The maximum atomic E-state index is 13.1. The van der Waals surface area contributed by atoms with E-state index in [1.165, 1.54) is 12.8 Å². The van der Waals surface area contributed by atoms with Gasteiger partial charge in [0.2, 0.25) is 5.91 Å². The van der Waals surface area contributed by atoms with Crippen LogP contribution in [0.4, 0.5) is 0 Å². The van der Waals surface area contributed by atoms with Gasteiger partial charge in [0, 0.05) is 12.0 Å². The number of fused-ring (bicyclic) bond motifs is 1. The van der Waals surface area contributed by atoms with E-state index in [1.807, 2.05) is 54.6 Å². The van der Waals surface area contributed by atoms with E-state index in [0.717, 1.165) is 36.1 Å². The molecule has 2 atom stereocenters. The summed E-state index contributed by atoms with van der Waals surface area (Å²) < 4.78 is 6.38. The predicted molar refractivity (Wildman–Crippen MR) is 109 cm³/mol. The molecule has 0 saturated heterocycles. The van der Waals surface area contributed by atoms with Crippen molar-refractivity contribution in [3.8, 4) is 5.75 Å². The summed E-state index contributed by atoms with van der Waals surface area (Å²) >= 11 is 0. The van der Waals surface area contributed by atoms with Crippen LogP contribution in [0.25, 0.3) is 0 Å². The Kier molecular flexibility index (Phi) is 5.50. The smallest absolute Gasteiger partial charge is 0.244 e. The van der Waals surface area contributed by atoms with E-state index in [0.29, 0.717) is 0 Å². The van der Waals surface area contributed by atoms with Crippen LogP contribution in [0.1, 0.15) is 56.2 Å². The Hall–Kier alpha value is -2.04. The topological polar surface area (TPSA) is 64.4 Å². The van der Waals surface area contributed by atoms with E-state index >= 15 is 0 Å². The van der Waals surface area contributed by atoms with Gasteiger partial charge in [0.25, 0.3) is 0 Å². The third-order valence-corrected chi connectivity index (χ3v) is 5.86. The maximum absolute atomic E-state index is 13.1. The number of benzene rings is 2. The highest BCUT2D eigenvalue weighted by atomic mass is 35.5. The Morgan fingerprint density at radius 2 is 1.74 bits per heavy atom. The quantitative estimate of drug-likeness (QED) is 0.829. The number of carbonyl (C=O) groups excluding carboxylic acids is 1. The number of halogens is 1. The van der Waals surface area contributed by atoms with Gasteiger partial charge in [-0.3, -0.25) is 4.79 Å². The lowest BCUT2D eigenvalue weighted by Crippen LogP contribution is -2.52. The first-order valence-electron chi connectivity index (χ1n) is 9.44. The SMILES string of the molecule is CC(N)(C(=O)NC1CC2(CCCC2)Oc2ccccc21)c1ccccc1.Cl. The van der Waals surface area contributed by atoms with Crippen molar-refractivity contribution in [3.05, 3.63) is 65.7 Å². The van der Waals surface area contributed by atoms with Gasteiger partial charge in [-0.1, -0.05) is 48.5 Å². The second-order valence-corrected chi connectivity index (χ2v) is 7.83. The number of carbonyl (C=O) groups is 1. The molecule has 0 bridgehead atoms. The molecule has 144 valence electrons. The average Bonchev–Trinajstić information content (AvgIpc) is 3.09. The van der Waals surface area contributed by atoms with E-state index in [-0.39, 0.29) is 30.0 Å². The molecular weight excluding hydrogens is 360 g/mol. The lowest BCUT2D eigenvalue weighted by molar-refractivity contribution is -0.127. The van der Waals surface area contributed by atoms with Crippen molar-refractivity contribution in [1.29, 1.82) is 0 Å². The number of nitrogens with two attached hydrogens (primary N) is 1. The number of rotatable bonds is 3. The summed E-state index contributed by atoms with van der Waals surface area (Å²) in [6.45, 7) is 1.77. The van der Waals surface area contributed by atoms with Gasteiger partial charge in [-0.25, -0.2) is 0 Å². The van der Waals surface area contributed by atoms with Crippen LogP contribution in [-0.2, 0) is 10.3 Å². The summed E-state index contributed by atoms with van der Waals surface area (Å²) in [6.07, 6.45) is 5.27. The zero-order valence-electron chi connectivity index (χ0n) is 15.6. The van der Waals surface area contributed by atoms with E-state index in [4.69, 9.17) is 10.5 Å². The Bertz CT molecular complexity index is 801. The highest BCUT2D eigenvalue weighted by molar-refractivity contribution is 5.87. The Balaban J connectivity index is 0.00000210. The molecule has 1 aliphatic heterocycles. The highest BCUT2D eigenvalue weighted by Gasteiger charge is 2.44. The molecular formula is C22H27ClN2O2. The first-order chi connectivity index (χ1) is 12.5. The van der Waals surface area contributed by atoms with Crippen LogP contribution in [0.3, 0.4) is 0 Å². The van der Waals surface area contributed by atoms with Crippen molar-refractivity contribution >= 4 is 18.3 Å². The highest BCUT2D eigenvalue weighted by Crippen LogP contribution is 2.47. The molecule has 2 aromatic rings. The van der Waals surface area contributed by atoms with Gasteiger partial charge >= 0.3 is 0 Å². The first kappa shape index (κ1) is 19.7. The van der Waals surface area contributed by atoms with Gasteiger partial charge in [-0.15, -0.1) is 12.4 Å². The minimum atomic E-state index is -1.07. The molecule has 0 aromatic heterocycles. The van der Waals surface area contributed by atoms with Gasteiger partial charge in [0.1, 0.15) is 16.9 Å². The lowest BCUT2D eigenvalue weighted by atomic mass is 9.84. The summed E-state index contributed by atoms with van der Waals surface area (Å²) in [5, 5.41) is 3.22. The molecule has 4 nitrogen and oxygen atoms in total. The van der Waals surface area contributed by atoms with Crippen molar-refractivity contribution in [2.45, 2.75) is 56.2 Å². The fourth-order valence-corrected chi connectivity index (χ4v) is 4.30. The average molecular weight is 387 g/mol. The van der Waals surface area contributed by atoms with Gasteiger partial charge < -0.3 is 15.8 Å². The molecule has 1 spiro atoms. The minimum absolute atomic E-state index is 0. The number of nitrogens with one attached hydrogen (secondary N) is 1. The second kappa shape index (κ2) is 7.53. The van der Waals surface area contributed by atoms with E-state index < -0.39 is 5.54 Å². The number of hydrogen-bond acceptors (Lipinski definition) is 3. The summed E-state index contributed by atoms with van der Waals surface area (Å²) in [5.74, 6) is 0.739. The Morgan fingerprint density at radius 1 is 1.11 bits per heavy atom. The van der Waals surface area contributed by atoms with Crippen molar-refractivity contribution in [1.82, 2.24) is 5.32 Å². The first-order valence-corrected chi connectivity index (χ1v) is 9.44. The summed E-state index contributed by atoms with van der Waals surface area (Å²) in [5.41, 5.74) is 7.06. The Labute approximate surface area is 166 Å². The molecule has 1 saturated carbocycles. The van der Waals surface area contributed by atoms with Gasteiger partial charge in [0.15, 0.2) is 0 Å². The number of hydrogen-bond donors (Lipinski definition) is 2. The number of para-hydroxylation sites is 1. The van der Waals surface area contributed by atoms with Gasteiger partial charge in [-0.05, 0) is 44.2 Å². The summed E-state index contributed by atoms with van der Waals surface area (Å²) in [6, 6.07) is 17.5. The molecule has 4 rings (SSSR count). The van der Waals surface area contributed by atoms with Gasteiger partial charge in [0.05, 0.1) is 6.04 Å². The van der Waals surface area contributed by atoms with Crippen LogP contribution < -0.4 is 15.8 Å². The zero-order chi connectivity index (χ0) is 18.2. The summed E-state index contributed by atoms with van der Waals surface area (Å²) in [7, 11) is 0. The number of ether oxygens (including phenoxy) is 1. The molecule has 3 N–H and O–H groups in total. The largest absolute Gasteiger partial charge is 0.487 e. The molecule has 2 aliphatic rings. The van der Waals surface area contributed by atoms with E-state index in [1.54, 1.807) is 6.92 Å². The molecule has 1 heterocycles. The molecule has 0 radical (unpaired) electrons. The van der Waals surface area contributed by atoms with E-state index in [9.17, 15) is 4.79 Å². The van der Waals surface area contributed by atoms with Crippen molar-refractivity contribution in [2.75, 3.05) is 0 Å². The zero-order valence-corrected chi connectivity index (χ0v) is 16.4. The molecule has 2 unspecified atom stereocenters. The molecule has 1 aliphatic carbocycles. The summed E-state index contributed by atoms with van der Waals surface area (Å²) in [4.78, 5) is 13.1. The fourth-order valence-electron chi connectivity index (χ4n) is 4.30.